The van der Waals surface area contributed by atoms with Crippen LogP contribution in [0.3, 0.4) is 0 Å². The number of anilines is 3. The van der Waals surface area contributed by atoms with Crippen molar-refractivity contribution >= 4 is 70.1 Å². The Morgan fingerprint density at radius 2 is 1.12 bits per heavy atom. The molecule has 2 heteroatoms. The zero-order valence-corrected chi connectivity index (χ0v) is 28.3. The van der Waals surface area contributed by atoms with Crippen LogP contribution >= 0.6 is 11.3 Å². The third-order valence-electron chi connectivity index (χ3n) is 10.6. The molecule has 232 valence electrons. The lowest BCUT2D eigenvalue weighted by Crippen LogP contribution is -2.16. The Balaban J connectivity index is 1.29. The SMILES string of the molecule is CC1(C)c2ccccc2-c2c(N(c3cccc(-c4cccc5ccccc45)c3)c3cccc4sc5cc6ccccc6cc5c34)cccc21. The quantitative estimate of drug-likeness (QED) is 0.184. The van der Waals surface area contributed by atoms with Crippen LogP contribution in [0.15, 0.2) is 164 Å². The van der Waals surface area contributed by atoms with Gasteiger partial charge >= 0.3 is 0 Å². The fourth-order valence-corrected chi connectivity index (χ4v) is 9.46. The van der Waals surface area contributed by atoms with E-state index in [2.05, 4.69) is 183 Å². The summed E-state index contributed by atoms with van der Waals surface area (Å²) in [4.78, 5) is 2.54. The fraction of sp³-hybridized carbons (Fsp3) is 0.0638. The van der Waals surface area contributed by atoms with Gasteiger partial charge in [-0.15, -0.1) is 11.3 Å². The van der Waals surface area contributed by atoms with E-state index >= 15 is 0 Å². The monoisotopic (exact) mass is 643 g/mol. The summed E-state index contributed by atoms with van der Waals surface area (Å²) in [5.74, 6) is 0. The summed E-state index contributed by atoms with van der Waals surface area (Å²) >= 11 is 1.89. The number of rotatable bonds is 4. The highest BCUT2D eigenvalue weighted by Crippen LogP contribution is 2.55. The Kier molecular flexibility index (Phi) is 6.16. The van der Waals surface area contributed by atoms with Crippen LogP contribution in [0.2, 0.25) is 0 Å². The van der Waals surface area contributed by atoms with E-state index < -0.39 is 0 Å². The van der Waals surface area contributed by atoms with Gasteiger partial charge in [-0.1, -0.05) is 135 Å². The Hall–Kier alpha value is -5.70. The minimum atomic E-state index is -0.0988. The number of benzene rings is 8. The number of nitrogens with zero attached hydrogens (tertiary/aromatic N) is 1. The van der Waals surface area contributed by atoms with E-state index in [0.29, 0.717) is 0 Å². The van der Waals surface area contributed by atoms with E-state index in [1.807, 2.05) is 11.3 Å². The molecular weight excluding hydrogens is 611 g/mol. The van der Waals surface area contributed by atoms with Gasteiger partial charge in [0.1, 0.15) is 0 Å². The van der Waals surface area contributed by atoms with Crippen LogP contribution in [-0.4, -0.2) is 0 Å². The molecule has 1 aliphatic carbocycles. The molecule has 0 saturated carbocycles. The molecule has 1 aliphatic rings. The molecule has 9 aromatic rings. The van der Waals surface area contributed by atoms with Gasteiger partial charge in [-0.2, -0.15) is 0 Å². The van der Waals surface area contributed by atoms with Crippen molar-refractivity contribution in [1.29, 1.82) is 0 Å². The van der Waals surface area contributed by atoms with Gasteiger partial charge in [-0.3, -0.25) is 0 Å². The smallest absolute Gasteiger partial charge is 0.0555 e. The first-order chi connectivity index (χ1) is 24.1. The maximum absolute atomic E-state index is 2.54. The van der Waals surface area contributed by atoms with Gasteiger partial charge in [0.15, 0.2) is 0 Å². The number of hydrogen-bond acceptors (Lipinski definition) is 2. The van der Waals surface area contributed by atoms with Crippen LogP contribution in [0.4, 0.5) is 17.1 Å². The van der Waals surface area contributed by atoms with Crippen molar-refractivity contribution < 1.29 is 0 Å². The number of fused-ring (bicyclic) bond motifs is 8. The van der Waals surface area contributed by atoms with Crippen molar-refractivity contribution in [3.63, 3.8) is 0 Å². The van der Waals surface area contributed by atoms with Crippen LogP contribution in [0, 0.1) is 0 Å². The molecule has 1 heterocycles. The highest BCUT2D eigenvalue weighted by molar-refractivity contribution is 7.26. The second-order valence-electron chi connectivity index (χ2n) is 13.7. The molecule has 1 aromatic heterocycles. The summed E-state index contributed by atoms with van der Waals surface area (Å²) in [6.45, 7) is 4.73. The fourth-order valence-electron chi connectivity index (χ4n) is 8.30. The highest BCUT2D eigenvalue weighted by Gasteiger charge is 2.38. The summed E-state index contributed by atoms with van der Waals surface area (Å²) in [5, 5.41) is 7.67. The van der Waals surface area contributed by atoms with Gasteiger partial charge in [-0.25, -0.2) is 0 Å². The molecule has 8 aromatic carbocycles. The summed E-state index contributed by atoms with van der Waals surface area (Å²) in [6.07, 6.45) is 0. The van der Waals surface area contributed by atoms with Crippen LogP contribution in [-0.2, 0) is 5.41 Å². The van der Waals surface area contributed by atoms with Crippen LogP contribution in [0.25, 0.3) is 64.0 Å². The van der Waals surface area contributed by atoms with E-state index in [-0.39, 0.29) is 5.41 Å². The lowest BCUT2D eigenvalue weighted by Gasteiger charge is -2.30. The topological polar surface area (TPSA) is 3.24 Å². The van der Waals surface area contributed by atoms with Gasteiger partial charge in [0.05, 0.1) is 11.4 Å². The molecule has 0 N–H and O–H groups in total. The van der Waals surface area contributed by atoms with Gasteiger partial charge in [0.25, 0.3) is 0 Å². The Morgan fingerprint density at radius 3 is 2.02 bits per heavy atom. The summed E-state index contributed by atoms with van der Waals surface area (Å²) in [5.41, 5.74) is 11.3. The first-order valence-corrected chi connectivity index (χ1v) is 17.8. The summed E-state index contributed by atoms with van der Waals surface area (Å²) in [7, 11) is 0. The number of hydrogen-bond donors (Lipinski definition) is 0. The first kappa shape index (κ1) is 28.3. The van der Waals surface area contributed by atoms with Crippen molar-refractivity contribution in [1.82, 2.24) is 0 Å². The molecule has 0 fully saturated rings. The van der Waals surface area contributed by atoms with E-state index in [0.717, 1.165) is 5.69 Å². The standard InChI is InChI=1S/C47H33NS/c1-47(2)39-22-8-7-20-37(39)45-40(47)23-11-24-41(45)48(34-18-9-17-33(27-34)36-21-10-16-30-13-5-6-19-35(30)36)42-25-12-26-43-46(42)38-28-31-14-3-4-15-32(31)29-44(38)49-43/h3-29H,1-2H3. The lowest BCUT2D eigenvalue weighted by molar-refractivity contribution is 0.660. The third-order valence-corrected chi connectivity index (χ3v) is 11.7. The molecule has 0 saturated heterocycles. The average Bonchev–Trinajstić information content (AvgIpc) is 3.62. The lowest BCUT2D eigenvalue weighted by atomic mass is 9.82. The Bertz CT molecular complexity index is 2760. The minimum absolute atomic E-state index is 0.0988. The predicted octanol–water partition coefficient (Wildman–Crippen LogP) is 13.8. The largest absolute Gasteiger partial charge is 0.309 e. The maximum Gasteiger partial charge on any atom is 0.0555 e. The molecule has 0 amide bonds. The van der Waals surface area contributed by atoms with Gasteiger partial charge in [0, 0.05) is 36.8 Å². The van der Waals surface area contributed by atoms with Crippen molar-refractivity contribution in [2.24, 2.45) is 0 Å². The Labute approximate surface area is 290 Å². The van der Waals surface area contributed by atoms with Gasteiger partial charge in [-0.05, 0) is 91.8 Å². The molecule has 0 aliphatic heterocycles. The molecular formula is C47H33NS. The third kappa shape index (κ3) is 4.24. The second-order valence-corrected chi connectivity index (χ2v) is 14.8. The predicted molar refractivity (Wildman–Crippen MR) is 212 cm³/mol. The zero-order chi connectivity index (χ0) is 32.7. The van der Waals surface area contributed by atoms with Gasteiger partial charge < -0.3 is 4.90 Å². The van der Waals surface area contributed by atoms with E-state index in [1.165, 1.54) is 86.5 Å². The average molecular weight is 644 g/mol. The molecule has 0 atom stereocenters. The van der Waals surface area contributed by atoms with Crippen LogP contribution in [0.5, 0.6) is 0 Å². The zero-order valence-electron chi connectivity index (χ0n) is 27.4. The van der Waals surface area contributed by atoms with Crippen LogP contribution < -0.4 is 4.90 Å². The Morgan fingerprint density at radius 1 is 0.469 bits per heavy atom. The van der Waals surface area contributed by atoms with E-state index in [4.69, 9.17) is 0 Å². The summed E-state index contributed by atoms with van der Waals surface area (Å²) in [6, 6.07) is 60.7. The molecule has 1 nitrogen and oxygen atoms in total. The normalized spacial score (nSPS) is 13.3. The summed E-state index contributed by atoms with van der Waals surface area (Å²) < 4.78 is 2.61. The van der Waals surface area contributed by atoms with E-state index in [1.54, 1.807) is 0 Å². The van der Waals surface area contributed by atoms with Crippen molar-refractivity contribution in [2.45, 2.75) is 19.3 Å². The molecule has 0 spiro atoms. The highest BCUT2D eigenvalue weighted by atomic mass is 32.1. The molecule has 49 heavy (non-hydrogen) atoms. The maximum atomic E-state index is 2.54. The number of thiophene rings is 1. The van der Waals surface area contributed by atoms with Crippen molar-refractivity contribution in [3.8, 4) is 22.3 Å². The molecule has 10 rings (SSSR count). The van der Waals surface area contributed by atoms with Crippen molar-refractivity contribution in [2.75, 3.05) is 4.90 Å². The first-order valence-electron chi connectivity index (χ1n) is 17.0. The molecule has 0 unspecified atom stereocenters. The molecule has 0 bridgehead atoms. The van der Waals surface area contributed by atoms with Crippen molar-refractivity contribution in [3.05, 3.63) is 175 Å². The minimum Gasteiger partial charge on any atom is -0.309 e. The van der Waals surface area contributed by atoms with Crippen LogP contribution in [0.1, 0.15) is 25.0 Å². The van der Waals surface area contributed by atoms with E-state index in [9.17, 15) is 0 Å². The second kappa shape index (κ2) is 10.7. The van der Waals surface area contributed by atoms with Gasteiger partial charge in [0.2, 0.25) is 0 Å². The molecule has 0 radical (unpaired) electrons.